The van der Waals surface area contributed by atoms with Crippen LogP contribution >= 0.6 is 0 Å². The second kappa shape index (κ2) is 6.81. The second-order valence-corrected chi connectivity index (χ2v) is 15.4. The average molecular weight is 452 g/mol. The minimum atomic E-state index is 0. The molecule has 0 aromatic heterocycles. The Kier molecular flexibility index (Phi) is 6.08. The summed E-state index contributed by atoms with van der Waals surface area (Å²) in [4.78, 5) is 0. The Labute approximate surface area is 196 Å². The van der Waals surface area contributed by atoms with Gasteiger partial charge in [-0.25, -0.2) is 0 Å². The molecule has 0 unspecified atom stereocenters. The summed E-state index contributed by atoms with van der Waals surface area (Å²) in [7, 11) is 0. The third-order valence-electron chi connectivity index (χ3n) is 9.18. The van der Waals surface area contributed by atoms with E-state index in [0.717, 1.165) is 35.5 Å². The van der Waals surface area contributed by atoms with Gasteiger partial charge in [0.25, 0.3) is 0 Å². The van der Waals surface area contributed by atoms with Crippen LogP contribution in [0, 0.1) is 80.8 Å². The van der Waals surface area contributed by atoms with Gasteiger partial charge in [0.2, 0.25) is 0 Å². The van der Waals surface area contributed by atoms with Gasteiger partial charge in [0.15, 0.2) is 0 Å². The first-order valence-corrected chi connectivity index (χ1v) is 11.9. The van der Waals surface area contributed by atoms with E-state index in [-0.39, 0.29) is 19.5 Å². The summed E-state index contributed by atoms with van der Waals surface area (Å²) in [6, 6.07) is 0. The smallest absolute Gasteiger partial charge is 0.324 e. The van der Waals surface area contributed by atoms with Gasteiger partial charge in [-0.1, -0.05) is 109 Å². The van der Waals surface area contributed by atoms with Gasteiger partial charge in [0.1, 0.15) is 0 Å². The summed E-state index contributed by atoms with van der Waals surface area (Å²) in [5.41, 5.74) is 3.19. The molecule has 0 aliphatic heterocycles. The number of rotatable bonds is 2. The summed E-state index contributed by atoms with van der Waals surface area (Å²) < 4.78 is 0. The van der Waals surface area contributed by atoms with Crippen LogP contribution in [-0.2, 0) is 19.5 Å². The van der Waals surface area contributed by atoms with Crippen molar-refractivity contribution in [3.8, 4) is 0 Å². The number of hydrogen-bond donors (Lipinski definition) is 0. The van der Waals surface area contributed by atoms with E-state index >= 15 is 0 Å². The maximum Gasteiger partial charge on any atom is 2.00 e. The minimum Gasteiger partial charge on any atom is -0.324 e. The Morgan fingerprint density at radius 3 is 0.828 bits per heavy atom. The maximum absolute atomic E-state index is 2.55. The van der Waals surface area contributed by atoms with Crippen molar-refractivity contribution in [2.24, 2.45) is 68.0 Å². The van der Waals surface area contributed by atoms with Crippen LogP contribution in [-0.4, -0.2) is 0 Å². The molecule has 0 nitrogen and oxygen atoms in total. The van der Waals surface area contributed by atoms with Crippen LogP contribution in [0.25, 0.3) is 0 Å². The Morgan fingerprint density at radius 1 is 0.517 bits per heavy atom. The van der Waals surface area contributed by atoms with E-state index in [2.05, 4.69) is 110 Å². The molecular formula is C28H50Zn. The molecule has 0 N–H and O–H groups in total. The molecule has 29 heavy (non-hydrogen) atoms. The Balaban J connectivity index is 0.000000200. The topological polar surface area (TPSA) is 0 Å². The van der Waals surface area contributed by atoms with Gasteiger partial charge in [-0.15, -0.1) is 0 Å². The average Bonchev–Trinajstić information content (AvgIpc) is 3.33. The van der Waals surface area contributed by atoms with Crippen molar-refractivity contribution in [3.63, 3.8) is 0 Å². The standard InChI is InChI=1S/2C14H25.Zn/c2*1-12(2,3)11-10(14(11,6)7)9-8-13(9,4)5;/h2*8-11H,1-7H3;/q2*-1;+2/t2*9-,10-,11-;/m00./s1. The van der Waals surface area contributed by atoms with E-state index in [9.17, 15) is 0 Å². The molecule has 4 aliphatic carbocycles. The Hall–Kier alpha value is 0.623. The van der Waals surface area contributed by atoms with E-state index in [4.69, 9.17) is 0 Å². The van der Waals surface area contributed by atoms with Gasteiger partial charge >= 0.3 is 19.5 Å². The summed E-state index contributed by atoms with van der Waals surface area (Å²) in [5, 5.41) is 0. The second-order valence-electron chi connectivity index (χ2n) is 15.4. The molecule has 6 atom stereocenters. The molecular weight excluding hydrogens is 402 g/mol. The zero-order valence-corrected chi connectivity index (χ0v) is 25.3. The molecule has 1 heteroatoms. The minimum absolute atomic E-state index is 0. The van der Waals surface area contributed by atoms with Crippen LogP contribution in [0.5, 0.6) is 0 Å². The molecule has 0 aromatic rings. The molecule has 4 aliphatic rings. The predicted molar refractivity (Wildman–Crippen MR) is 124 cm³/mol. The van der Waals surface area contributed by atoms with Crippen molar-refractivity contribution in [2.75, 3.05) is 0 Å². The van der Waals surface area contributed by atoms with Crippen molar-refractivity contribution in [2.45, 2.75) is 96.9 Å². The molecule has 0 aromatic carbocycles. The van der Waals surface area contributed by atoms with Gasteiger partial charge in [-0.05, 0) is 33.5 Å². The van der Waals surface area contributed by atoms with Crippen molar-refractivity contribution in [3.05, 3.63) is 12.8 Å². The van der Waals surface area contributed by atoms with E-state index in [0.29, 0.717) is 32.5 Å². The number of hydrogen-bond acceptors (Lipinski definition) is 0. The monoisotopic (exact) mass is 450 g/mol. The zero-order chi connectivity index (χ0) is 21.9. The van der Waals surface area contributed by atoms with E-state index in [1.165, 1.54) is 0 Å². The molecule has 0 radical (unpaired) electrons. The fourth-order valence-corrected chi connectivity index (χ4v) is 7.97. The van der Waals surface area contributed by atoms with Crippen molar-refractivity contribution in [1.82, 2.24) is 0 Å². The molecule has 4 saturated carbocycles. The van der Waals surface area contributed by atoms with Crippen molar-refractivity contribution in [1.29, 1.82) is 0 Å². The van der Waals surface area contributed by atoms with Crippen LogP contribution in [0.2, 0.25) is 0 Å². The quantitative estimate of drug-likeness (QED) is 0.292. The van der Waals surface area contributed by atoms with Gasteiger partial charge < -0.3 is 12.8 Å². The molecule has 164 valence electrons. The first-order valence-electron chi connectivity index (χ1n) is 11.9. The zero-order valence-electron chi connectivity index (χ0n) is 22.3. The summed E-state index contributed by atoms with van der Waals surface area (Å²) in [6.45, 7) is 33.7. The van der Waals surface area contributed by atoms with Crippen LogP contribution in [0.15, 0.2) is 0 Å². The van der Waals surface area contributed by atoms with Gasteiger partial charge in [0.05, 0.1) is 0 Å². The molecule has 0 bridgehead atoms. The van der Waals surface area contributed by atoms with E-state index < -0.39 is 0 Å². The molecule has 4 fully saturated rings. The largest absolute Gasteiger partial charge is 2.00 e. The molecule has 0 heterocycles. The van der Waals surface area contributed by atoms with Gasteiger partial charge in [0, 0.05) is 0 Å². The molecule has 0 spiro atoms. The summed E-state index contributed by atoms with van der Waals surface area (Å²) in [5.74, 6) is 5.49. The first kappa shape index (κ1) is 25.9. The fraction of sp³-hybridized carbons (Fsp3) is 0.929. The van der Waals surface area contributed by atoms with Crippen LogP contribution < -0.4 is 0 Å². The van der Waals surface area contributed by atoms with Gasteiger partial charge in [-0.2, -0.15) is 22.7 Å². The van der Waals surface area contributed by atoms with E-state index in [1.807, 2.05) is 0 Å². The normalized spacial score (nSPS) is 42.0. The van der Waals surface area contributed by atoms with E-state index in [1.54, 1.807) is 0 Å². The summed E-state index contributed by atoms with van der Waals surface area (Å²) >= 11 is 0. The molecule has 0 amide bonds. The molecule has 0 saturated heterocycles. The predicted octanol–water partition coefficient (Wildman–Crippen LogP) is 8.33. The van der Waals surface area contributed by atoms with Crippen LogP contribution in [0.3, 0.4) is 0 Å². The third-order valence-corrected chi connectivity index (χ3v) is 9.18. The van der Waals surface area contributed by atoms with Crippen molar-refractivity contribution >= 4 is 0 Å². The fourth-order valence-electron chi connectivity index (χ4n) is 7.97. The maximum atomic E-state index is 2.55. The van der Waals surface area contributed by atoms with Gasteiger partial charge in [-0.3, -0.25) is 0 Å². The summed E-state index contributed by atoms with van der Waals surface area (Å²) in [6.07, 6.45) is 5.09. The SMILES string of the molecule is CC(C)(C)[C@@H]1[C@H]([C@@H]2[CH-]C2(C)C)C1(C)C.CC(C)(C)[C@@H]1[C@H]([C@@H]2[CH-]C2(C)C)C1(C)C.[Zn+2]. The molecule has 4 rings (SSSR count). The Morgan fingerprint density at radius 2 is 0.724 bits per heavy atom. The third kappa shape index (κ3) is 4.57. The van der Waals surface area contributed by atoms with Crippen LogP contribution in [0.1, 0.15) is 96.9 Å². The van der Waals surface area contributed by atoms with Crippen LogP contribution in [0.4, 0.5) is 0 Å². The first-order chi connectivity index (χ1) is 12.2. The Bertz CT molecular complexity index is 566. The van der Waals surface area contributed by atoms with Crippen molar-refractivity contribution < 1.29 is 19.5 Å².